The van der Waals surface area contributed by atoms with Crippen molar-refractivity contribution in [1.82, 2.24) is 0 Å². The summed E-state index contributed by atoms with van der Waals surface area (Å²) in [5.41, 5.74) is 0. The van der Waals surface area contributed by atoms with Crippen LogP contribution in [0.15, 0.2) is 72.9 Å². The first-order valence-electron chi connectivity index (χ1n) is 42.1. The number of likely N-dealkylation sites (N-methyl/N-ethyl adjacent to an activating group) is 1. The number of hydrogen-bond donors (Lipinski definition) is 1. The van der Waals surface area contributed by atoms with Crippen molar-refractivity contribution < 1.29 is 42.9 Å². The van der Waals surface area contributed by atoms with Crippen LogP contribution in [0.2, 0.25) is 0 Å². The molecule has 2 atom stereocenters. The second kappa shape index (κ2) is 78.4. The van der Waals surface area contributed by atoms with Crippen molar-refractivity contribution in [3.05, 3.63) is 72.9 Å². The second-order valence-electron chi connectivity index (χ2n) is 29.8. The first-order valence-corrected chi connectivity index (χ1v) is 42.1. The number of carboxylic acids is 1. The van der Waals surface area contributed by atoms with Crippen molar-refractivity contribution in [2.24, 2.45) is 0 Å². The first-order chi connectivity index (χ1) is 47.6. The number of allylic oxidation sites excluding steroid dienone is 12. The molecular formula is C88H162NO8+. The molecule has 1 N–H and O–H groups in total. The van der Waals surface area contributed by atoms with Crippen molar-refractivity contribution in [2.75, 3.05) is 47.5 Å². The molecule has 0 aliphatic heterocycles. The third-order valence-corrected chi connectivity index (χ3v) is 18.9. The molecule has 0 saturated heterocycles. The van der Waals surface area contributed by atoms with Gasteiger partial charge in [-0.2, -0.15) is 0 Å². The molecule has 9 heteroatoms. The number of unbranched alkanes of at least 4 members (excludes halogenated alkanes) is 52. The Morgan fingerprint density at radius 3 is 0.876 bits per heavy atom. The molecule has 0 aliphatic rings. The van der Waals surface area contributed by atoms with E-state index in [9.17, 15) is 19.5 Å². The van der Waals surface area contributed by atoms with Crippen molar-refractivity contribution in [3.8, 4) is 0 Å². The highest BCUT2D eigenvalue weighted by molar-refractivity contribution is 5.71. The Bertz CT molecular complexity index is 1830. The summed E-state index contributed by atoms with van der Waals surface area (Å²) in [6.45, 7) is 4.82. The summed E-state index contributed by atoms with van der Waals surface area (Å²) < 4.78 is 23.1. The number of nitrogens with zero attached hydrogens (tertiary/aromatic N) is 1. The summed E-state index contributed by atoms with van der Waals surface area (Å²) >= 11 is 0. The molecule has 566 valence electrons. The lowest BCUT2D eigenvalue weighted by Gasteiger charge is -2.25. The van der Waals surface area contributed by atoms with Gasteiger partial charge in [0.1, 0.15) is 13.2 Å². The Morgan fingerprint density at radius 2 is 0.588 bits per heavy atom. The van der Waals surface area contributed by atoms with Crippen molar-refractivity contribution >= 4 is 17.9 Å². The van der Waals surface area contributed by atoms with Crippen LogP contribution >= 0.6 is 0 Å². The van der Waals surface area contributed by atoms with E-state index in [1.54, 1.807) is 0 Å². The van der Waals surface area contributed by atoms with Crippen molar-refractivity contribution in [3.63, 3.8) is 0 Å². The van der Waals surface area contributed by atoms with Crippen LogP contribution in [0.5, 0.6) is 0 Å². The van der Waals surface area contributed by atoms with Gasteiger partial charge in [0, 0.05) is 12.8 Å². The van der Waals surface area contributed by atoms with Gasteiger partial charge in [0.05, 0.1) is 34.4 Å². The van der Waals surface area contributed by atoms with Gasteiger partial charge in [-0.05, 0) is 83.5 Å². The van der Waals surface area contributed by atoms with Crippen LogP contribution in [0.4, 0.5) is 0 Å². The van der Waals surface area contributed by atoms with Crippen LogP contribution in [0.3, 0.4) is 0 Å². The number of aliphatic carboxylic acids is 1. The van der Waals surface area contributed by atoms with Gasteiger partial charge < -0.3 is 28.5 Å². The topological polar surface area (TPSA) is 108 Å². The number of hydrogen-bond acceptors (Lipinski definition) is 7. The molecule has 0 aromatic rings. The average molecular weight is 1360 g/mol. The van der Waals surface area contributed by atoms with E-state index in [0.717, 1.165) is 70.6 Å². The third kappa shape index (κ3) is 79.9. The van der Waals surface area contributed by atoms with Crippen molar-refractivity contribution in [2.45, 2.75) is 424 Å². The van der Waals surface area contributed by atoms with Gasteiger partial charge in [0.15, 0.2) is 6.10 Å². The number of esters is 2. The first kappa shape index (κ1) is 93.7. The zero-order chi connectivity index (χ0) is 70.4. The summed E-state index contributed by atoms with van der Waals surface area (Å²) in [6, 6.07) is 0. The lowest BCUT2D eigenvalue weighted by atomic mass is 10.0. The molecular weight excluding hydrogens is 1200 g/mol. The zero-order valence-corrected chi connectivity index (χ0v) is 65.0. The Labute approximate surface area is 602 Å². The van der Waals surface area contributed by atoms with Crippen LogP contribution in [0.1, 0.15) is 412 Å². The SMILES string of the molecule is CC/C=C\C/C=C\C/C=C\C/C=C\CCCCCCCCCCCCCCCCCCCCCCCCCCCCCCC(=O)OC(COC(=O)CCCCCCCCCCCCCCCCCCCCC/C=C\C/C=C\CCCCCCC)COC(OCC[N+](C)(C)C)C(=O)O. The van der Waals surface area contributed by atoms with E-state index in [2.05, 4.69) is 86.8 Å². The van der Waals surface area contributed by atoms with Crippen LogP contribution in [0, 0.1) is 0 Å². The number of carbonyl (C=O) groups excluding carboxylic acids is 2. The molecule has 0 heterocycles. The van der Waals surface area contributed by atoms with Crippen LogP contribution in [-0.4, -0.2) is 87.4 Å². The maximum absolute atomic E-state index is 13.0. The second-order valence-corrected chi connectivity index (χ2v) is 29.8. The van der Waals surface area contributed by atoms with Crippen LogP contribution in [-0.2, 0) is 33.3 Å². The third-order valence-electron chi connectivity index (χ3n) is 18.9. The van der Waals surface area contributed by atoms with Gasteiger partial charge >= 0.3 is 17.9 Å². The summed E-state index contributed by atoms with van der Waals surface area (Å²) in [5, 5.41) is 9.78. The maximum Gasteiger partial charge on any atom is 0.361 e. The molecule has 0 bridgehead atoms. The van der Waals surface area contributed by atoms with Gasteiger partial charge in [-0.15, -0.1) is 0 Å². The van der Waals surface area contributed by atoms with Gasteiger partial charge in [-0.25, -0.2) is 4.79 Å². The Hall–Kier alpha value is -3.27. The average Bonchev–Trinajstić information content (AvgIpc) is 3.27. The number of carboxylic acid groups (broad SMARTS) is 1. The van der Waals surface area contributed by atoms with Gasteiger partial charge in [0.25, 0.3) is 6.29 Å². The fourth-order valence-corrected chi connectivity index (χ4v) is 12.6. The molecule has 2 unspecified atom stereocenters. The van der Waals surface area contributed by atoms with Crippen LogP contribution < -0.4 is 0 Å². The standard InChI is InChI=1S/C88H161NO8/c1-6-8-10-12-14-16-18-20-22-24-26-28-30-32-34-36-38-39-40-41-42-43-44-45-46-47-49-51-53-55-57-59-61-63-65-67-69-71-73-75-77-79-86(91)97-84(83-96-88(87(92)93)94-81-80-89(3,4)5)82-95-85(90)78-76-74-72-70-68-66-64-62-60-58-56-54-52-50-48-37-35-33-31-29-27-25-23-21-19-17-15-13-11-9-7-2/h8,10,14,16,19-22,25-28,84,88H,6-7,9,11-13,15,17-18,23-24,29-83H2,1-5H3/p+1/b10-8-,16-14-,21-19-,22-20-,27-25-,28-26-. The molecule has 0 amide bonds. The van der Waals surface area contributed by atoms with E-state index in [0.29, 0.717) is 17.4 Å². The minimum atomic E-state index is -1.51. The van der Waals surface area contributed by atoms with Crippen molar-refractivity contribution in [1.29, 1.82) is 0 Å². The quantitative estimate of drug-likeness (QED) is 0.0211. The highest BCUT2D eigenvalue weighted by Crippen LogP contribution is 2.20. The Kier molecular flexibility index (Phi) is 75.8. The smallest absolute Gasteiger partial charge is 0.361 e. The summed E-state index contributed by atoms with van der Waals surface area (Å²) in [7, 11) is 6.00. The maximum atomic E-state index is 13.0. The lowest BCUT2D eigenvalue weighted by molar-refractivity contribution is -0.870. The largest absolute Gasteiger partial charge is 0.477 e. The van der Waals surface area contributed by atoms with E-state index in [4.69, 9.17) is 18.9 Å². The number of ether oxygens (including phenoxy) is 4. The highest BCUT2D eigenvalue weighted by Gasteiger charge is 2.25. The molecule has 0 radical (unpaired) electrons. The van der Waals surface area contributed by atoms with E-state index in [-0.39, 0.29) is 38.2 Å². The van der Waals surface area contributed by atoms with Gasteiger partial charge in [-0.1, -0.05) is 389 Å². The predicted octanol–water partition coefficient (Wildman–Crippen LogP) is 27.2. The Morgan fingerprint density at radius 1 is 0.320 bits per heavy atom. The fourth-order valence-electron chi connectivity index (χ4n) is 12.6. The Balaban J connectivity index is 3.93. The molecule has 0 saturated carbocycles. The van der Waals surface area contributed by atoms with E-state index >= 15 is 0 Å². The van der Waals surface area contributed by atoms with Crippen LogP contribution in [0.25, 0.3) is 0 Å². The zero-order valence-electron chi connectivity index (χ0n) is 65.0. The van der Waals surface area contributed by atoms with E-state index < -0.39 is 18.4 Å². The minimum Gasteiger partial charge on any atom is -0.477 e. The van der Waals surface area contributed by atoms with Gasteiger partial charge in [0.2, 0.25) is 0 Å². The predicted molar refractivity (Wildman–Crippen MR) is 420 cm³/mol. The molecule has 9 nitrogen and oxygen atoms in total. The molecule has 0 aromatic carbocycles. The molecule has 97 heavy (non-hydrogen) atoms. The van der Waals surface area contributed by atoms with Gasteiger partial charge in [-0.3, -0.25) is 9.59 Å². The number of rotatable bonds is 79. The normalized spacial score (nSPS) is 13.0. The minimum absolute atomic E-state index is 0.177. The molecule has 0 rings (SSSR count). The summed E-state index contributed by atoms with van der Waals surface area (Å²) in [5.74, 6) is -1.97. The summed E-state index contributed by atoms with van der Waals surface area (Å²) in [6.07, 6.45) is 104. The fraction of sp³-hybridized carbons (Fsp3) is 0.830. The number of carbonyl (C=O) groups is 3. The number of quaternary nitrogens is 1. The molecule has 0 aliphatic carbocycles. The lowest BCUT2D eigenvalue weighted by Crippen LogP contribution is -2.40. The highest BCUT2D eigenvalue weighted by atomic mass is 16.7. The monoisotopic (exact) mass is 1360 g/mol. The molecule has 0 fully saturated rings. The van der Waals surface area contributed by atoms with E-state index in [1.165, 1.54) is 315 Å². The molecule has 0 spiro atoms. The molecule has 0 aromatic heterocycles. The summed E-state index contributed by atoms with van der Waals surface area (Å²) in [4.78, 5) is 37.8. The van der Waals surface area contributed by atoms with E-state index in [1.807, 2.05) is 21.1 Å².